The minimum atomic E-state index is 0.236. The Morgan fingerprint density at radius 1 is 1.11 bits per heavy atom. The number of benzene rings is 1. The molecule has 108 valence electrons. The van der Waals surface area contributed by atoms with Crippen molar-refractivity contribution in [1.82, 2.24) is 4.90 Å². The molecule has 2 heteroatoms. The molecular formula is C17H29NO. The molecule has 0 heterocycles. The zero-order chi connectivity index (χ0) is 14.6. The standard InChI is InChI=1S/C17H29NO/c1-12(2)17(11-19)18(6)8-7-16-14(4)9-13(3)10-15(16)5/h9-10,12,17,19H,7-8,11H2,1-6H3. The molecule has 0 saturated heterocycles. The maximum atomic E-state index is 9.47. The Hall–Kier alpha value is -0.860. The van der Waals surface area contributed by atoms with E-state index in [4.69, 9.17) is 0 Å². The van der Waals surface area contributed by atoms with Crippen LogP contribution in [0.3, 0.4) is 0 Å². The molecule has 0 amide bonds. The van der Waals surface area contributed by atoms with Crippen molar-refractivity contribution in [2.75, 3.05) is 20.2 Å². The lowest BCUT2D eigenvalue weighted by Gasteiger charge is -2.30. The zero-order valence-electron chi connectivity index (χ0n) is 13.3. The summed E-state index contributed by atoms with van der Waals surface area (Å²) in [5.41, 5.74) is 5.56. The van der Waals surface area contributed by atoms with Crippen molar-refractivity contribution in [2.24, 2.45) is 5.92 Å². The van der Waals surface area contributed by atoms with Gasteiger partial charge in [-0.3, -0.25) is 0 Å². The van der Waals surface area contributed by atoms with E-state index in [1.807, 2.05) is 0 Å². The number of aliphatic hydroxyl groups is 1. The van der Waals surface area contributed by atoms with Gasteiger partial charge in [0.15, 0.2) is 0 Å². The number of nitrogens with zero attached hydrogens (tertiary/aromatic N) is 1. The summed E-state index contributed by atoms with van der Waals surface area (Å²) < 4.78 is 0. The van der Waals surface area contributed by atoms with Gasteiger partial charge in [0.05, 0.1) is 6.61 Å². The smallest absolute Gasteiger partial charge is 0.0589 e. The van der Waals surface area contributed by atoms with E-state index in [9.17, 15) is 5.11 Å². The van der Waals surface area contributed by atoms with Gasteiger partial charge < -0.3 is 10.0 Å². The van der Waals surface area contributed by atoms with Crippen molar-refractivity contribution in [3.63, 3.8) is 0 Å². The lowest BCUT2D eigenvalue weighted by atomic mass is 9.96. The highest BCUT2D eigenvalue weighted by Gasteiger charge is 2.17. The van der Waals surface area contributed by atoms with E-state index < -0.39 is 0 Å². The van der Waals surface area contributed by atoms with Gasteiger partial charge in [-0.05, 0) is 56.8 Å². The summed E-state index contributed by atoms with van der Waals surface area (Å²) in [6.45, 7) is 12.1. The molecule has 0 aliphatic carbocycles. The summed E-state index contributed by atoms with van der Waals surface area (Å²) in [4.78, 5) is 2.28. The van der Waals surface area contributed by atoms with Crippen LogP contribution in [0.15, 0.2) is 12.1 Å². The Morgan fingerprint density at radius 3 is 2.05 bits per heavy atom. The molecule has 1 N–H and O–H groups in total. The predicted octanol–water partition coefficient (Wildman–Crippen LogP) is 3.10. The van der Waals surface area contributed by atoms with Crippen LogP contribution in [0.4, 0.5) is 0 Å². The summed E-state index contributed by atoms with van der Waals surface area (Å²) in [7, 11) is 2.11. The quantitative estimate of drug-likeness (QED) is 0.852. The monoisotopic (exact) mass is 263 g/mol. The van der Waals surface area contributed by atoms with Crippen molar-refractivity contribution in [3.05, 3.63) is 34.4 Å². The van der Waals surface area contributed by atoms with E-state index in [1.54, 1.807) is 0 Å². The Kier molecular flexibility index (Phi) is 6.02. The van der Waals surface area contributed by atoms with E-state index in [0.717, 1.165) is 13.0 Å². The molecule has 0 saturated carbocycles. The predicted molar refractivity (Wildman–Crippen MR) is 82.7 cm³/mol. The van der Waals surface area contributed by atoms with Crippen molar-refractivity contribution in [3.8, 4) is 0 Å². The first-order valence-electron chi connectivity index (χ1n) is 7.24. The molecule has 1 aromatic carbocycles. The van der Waals surface area contributed by atoms with E-state index >= 15 is 0 Å². The largest absolute Gasteiger partial charge is 0.395 e. The van der Waals surface area contributed by atoms with Gasteiger partial charge in [0.2, 0.25) is 0 Å². The van der Waals surface area contributed by atoms with Gasteiger partial charge in [-0.1, -0.05) is 31.5 Å². The fraction of sp³-hybridized carbons (Fsp3) is 0.647. The summed E-state index contributed by atoms with van der Waals surface area (Å²) in [5, 5.41) is 9.47. The first-order valence-corrected chi connectivity index (χ1v) is 7.24. The van der Waals surface area contributed by atoms with Crippen LogP contribution >= 0.6 is 0 Å². The van der Waals surface area contributed by atoms with Crippen molar-refractivity contribution in [2.45, 2.75) is 47.1 Å². The van der Waals surface area contributed by atoms with Crippen LogP contribution in [-0.4, -0.2) is 36.2 Å². The lowest BCUT2D eigenvalue weighted by molar-refractivity contribution is 0.114. The summed E-state index contributed by atoms with van der Waals surface area (Å²) in [5.74, 6) is 0.482. The third kappa shape index (κ3) is 4.32. The highest BCUT2D eigenvalue weighted by molar-refractivity contribution is 5.37. The van der Waals surface area contributed by atoms with Crippen LogP contribution in [0.1, 0.15) is 36.1 Å². The lowest BCUT2D eigenvalue weighted by Crippen LogP contribution is -2.40. The second kappa shape index (κ2) is 7.06. The molecular weight excluding hydrogens is 234 g/mol. The average Bonchev–Trinajstić information content (AvgIpc) is 2.27. The summed E-state index contributed by atoms with van der Waals surface area (Å²) >= 11 is 0. The molecule has 0 aliphatic rings. The molecule has 0 radical (unpaired) electrons. The molecule has 1 atom stereocenters. The molecule has 2 nitrogen and oxygen atoms in total. The van der Waals surface area contributed by atoms with Gasteiger partial charge in [0.25, 0.3) is 0 Å². The SMILES string of the molecule is Cc1cc(C)c(CCN(C)C(CO)C(C)C)c(C)c1. The Morgan fingerprint density at radius 2 is 1.63 bits per heavy atom. The van der Waals surface area contributed by atoms with Crippen molar-refractivity contribution in [1.29, 1.82) is 0 Å². The van der Waals surface area contributed by atoms with Crippen molar-refractivity contribution < 1.29 is 5.11 Å². The third-order valence-corrected chi connectivity index (χ3v) is 4.08. The van der Waals surface area contributed by atoms with Gasteiger partial charge in [-0.2, -0.15) is 0 Å². The van der Waals surface area contributed by atoms with Gasteiger partial charge in [0.1, 0.15) is 0 Å². The number of aliphatic hydroxyl groups excluding tert-OH is 1. The fourth-order valence-corrected chi connectivity index (χ4v) is 2.92. The van der Waals surface area contributed by atoms with E-state index in [1.165, 1.54) is 22.3 Å². The molecule has 0 fully saturated rings. The fourth-order valence-electron chi connectivity index (χ4n) is 2.92. The first-order chi connectivity index (χ1) is 8.86. The molecule has 0 spiro atoms. The summed E-state index contributed by atoms with van der Waals surface area (Å²) in [6.07, 6.45) is 1.05. The maximum Gasteiger partial charge on any atom is 0.0589 e. The first kappa shape index (κ1) is 16.2. The van der Waals surface area contributed by atoms with Crippen LogP contribution < -0.4 is 0 Å². The van der Waals surface area contributed by atoms with Crippen LogP contribution in [0, 0.1) is 26.7 Å². The van der Waals surface area contributed by atoms with Gasteiger partial charge in [-0.15, -0.1) is 0 Å². The Balaban J connectivity index is 2.72. The average molecular weight is 263 g/mol. The maximum absolute atomic E-state index is 9.47. The number of aryl methyl sites for hydroxylation is 3. The van der Waals surface area contributed by atoms with E-state index in [2.05, 4.69) is 58.7 Å². The second-order valence-corrected chi connectivity index (χ2v) is 6.10. The minimum absolute atomic E-state index is 0.236. The van der Waals surface area contributed by atoms with E-state index in [0.29, 0.717) is 5.92 Å². The number of hydrogen-bond donors (Lipinski definition) is 1. The highest BCUT2D eigenvalue weighted by atomic mass is 16.3. The number of hydrogen-bond acceptors (Lipinski definition) is 2. The molecule has 19 heavy (non-hydrogen) atoms. The Labute approximate surface area is 118 Å². The van der Waals surface area contributed by atoms with Gasteiger partial charge in [-0.25, -0.2) is 0 Å². The van der Waals surface area contributed by atoms with Crippen LogP contribution in [-0.2, 0) is 6.42 Å². The zero-order valence-corrected chi connectivity index (χ0v) is 13.3. The molecule has 0 aliphatic heterocycles. The van der Waals surface area contributed by atoms with Crippen LogP contribution in [0.25, 0.3) is 0 Å². The molecule has 1 aromatic rings. The van der Waals surface area contributed by atoms with Gasteiger partial charge >= 0.3 is 0 Å². The third-order valence-electron chi connectivity index (χ3n) is 4.08. The number of rotatable bonds is 6. The summed E-state index contributed by atoms with van der Waals surface area (Å²) in [6, 6.07) is 4.77. The molecule has 0 bridgehead atoms. The van der Waals surface area contributed by atoms with Gasteiger partial charge in [0, 0.05) is 12.6 Å². The number of likely N-dealkylation sites (N-methyl/N-ethyl adjacent to an activating group) is 1. The second-order valence-electron chi connectivity index (χ2n) is 6.10. The van der Waals surface area contributed by atoms with Crippen LogP contribution in [0.2, 0.25) is 0 Å². The Bertz CT molecular complexity index is 389. The topological polar surface area (TPSA) is 23.5 Å². The molecule has 0 aromatic heterocycles. The van der Waals surface area contributed by atoms with E-state index in [-0.39, 0.29) is 12.6 Å². The molecule has 1 rings (SSSR count). The van der Waals surface area contributed by atoms with Crippen LogP contribution in [0.5, 0.6) is 0 Å². The minimum Gasteiger partial charge on any atom is -0.395 e. The highest BCUT2D eigenvalue weighted by Crippen LogP contribution is 2.18. The molecule has 1 unspecified atom stereocenters. The van der Waals surface area contributed by atoms with Crippen molar-refractivity contribution >= 4 is 0 Å². The normalized spacial score (nSPS) is 13.3.